The summed E-state index contributed by atoms with van der Waals surface area (Å²) < 4.78 is 6.18. The molecule has 1 amide bonds. The molecule has 0 spiro atoms. The second kappa shape index (κ2) is 7.79. The highest BCUT2D eigenvalue weighted by Crippen LogP contribution is 2.23. The third kappa shape index (κ3) is 4.14. The first-order valence-corrected chi connectivity index (χ1v) is 8.62. The summed E-state index contributed by atoms with van der Waals surface area (Å²) in [6.07, 6.45) is 0.718. The van der Waals surface area contributed by atoms with Crippen LogP contribution in [-0.4, -0.2) is 19.1 Å². The standard InChI is InChI=1S/C18H20BrN3O2/c1-24-15-8-2-12(3-9-15)11-20-18(23)17-10-16(21-22-17)13-4-6-14(19)7-5-13/h2-9,16-17,21-22H,10-11H2,1H3,(H,20,23). The zero-order valence-corrected chi connectivity index (χ0v) is 15.0. The second-order valence-corrected chi connectivity index (χ2v) is 6.66. The molecule has 1 heterocycles. The number of hydrogen-bond acceptors (Lipinski definition) is 4. The molecule has 3 rings (SSSR count). The monoisotopic (exact) mass is 389 g/mol. The second-order valence-electron chi connectivity index (χ2n) is 5.75. The van der Waals surface area contributed by atoms with Crippen LogP contribution in [0.4, 0.5) is 0 Å². The van der Waals surface area contributed by atoms with Gasteiger partial charge in [0.25, 0.3) is 0 Å². The predicted molar refractivity (Wildman–Crippen MR) is 96.4 cm³/mol. The smallest absolute Gasteiger partial charge is 0.238 e. The van der Waals surface area contributed by atoms with Gasteiger partial charge in [0.15, 0.2) is 0 Å². The van der Waals surface area contributed by atoms with E-state index < -0.39 is 0 Å². The lowest BCUT2D eigenvalue weighted by Gasteiger charge is -2.11. The molecule has 126 valence electrons. The number of halogens is 1. The van der Waals surface area contributed by atoms with Crippen molar-refractivity contribution < 1.29 is 9.53 Å². The first-order chi connectivity index (χ1) is 11.7. The van der Waals surface area contributed by atoms with Crippen molar-refractivity contribution in [2.45, 2.75) is 25.0 Å². The summed E-state index contributed by atoms with van der Waals surface area (Å²) in [7, 11) is 1.64. The van der Waals surface area contributed by atoms with E-state index in [4.69, 9.17) is 4.74 Å². The van der Waals surface area contributed by atoms with E-state index in [1.807, 2.05) is 36.4 Å². The third-order valence-corrected chi connectivity index (χ3v) is 4.65. The maximum absolute atomic E-state index is 12.3. The summed E-state index contributed by atoms with van der Waals surface area (Å²) in [4.78, 5) is 12.3. The van der Waals surface area contributed by atoms with E-state index in [0.717, 1.165) is 27.8 Å². The van der Waals surface area contributed by atoms with Gasteiger partial charge in [0.2, 0.25) is 5.91 Å². The molecule has 2 aromatic rings. The van der Waals surface area contributed by atoms with E-state index in [-0.39, 0.29) is 18.0 Å². The Bertz CT molecular complexity index is 688. The van der Waals surface area contributed by atoms with Crippen LogP contribution in [0.25, 0.3) is 0 Å². The van der Waals surface area contributed by atoms with Crippen LogP contribution in [0.3, 0.4) is 0 Å². The van der Waals surface area contributed by atoms with Crippen molar-refractivity contribution in [3.8, 4) is 5.75 Å². The lowest BCUT2D eigenvalue weighted by Crippen LogP contribution is -2.42. The summed E-state index contributed by atoms with van der Waals surface area (Å²) in [6.45, 7) is 0.504. The number of benzene rings is 2. The van der Waals surface area contributed by atoms with Crippen LogP contribution in [0, 0.1) is 0 Å². The number of hydrogen-bond donors (Lipinski definition) is 3. The van der Waals surface area contributed by atoms with Crippen molar-refractivity contribution in [2.75, 3.05) is 7.11 Å². The van der Waals surface area contributed by atoms with Gasteiger partial charge in [0.1, 0.15) is 11.8 Å². The van der Waals surface area contributed by atoms with Crippen LogP contribution in [0.2, 0.25) is 0 Å². The van der Waals surface area contributed by atoms with Crippen molar-refractivity contribution in [3.05, 3.63) is 64.1 Å². The van der Waals surface area contributed by atoms with E-state index in [1.54, 1.807) is 7.11 Å². The van der Waals surface area contributed by atoms with Crippen LogP contribution in [0.15, 0.2) is 53.0 Å². The molecule has 5 nitrogen and oxygen atoms in total. The zero-order chi connectivity index (χ0) is 16.9. The van der Waals surface area contributed by atoms with E-state index in [2.05, 4.69) is 44.2 Å². The maximum atomic E-state index is 12.3. The lowest BCUT2D eigenvalue weighted by molar-refractivity contribution is -0.123. The van der Waals surface area contributed by atoms with Crippen molar-refractivity contribution in [3.63, 3.8) is 0 Å². The highest BCUT2D eigenvalue weighted by Gasteiger charge is 2.29. The SMILES string of the molecule is COc1ccc(CNC(=O)C2CC(c3ccc(Br)cc3)NN2)cc1. The Hall–Kier alpha value is -1.89. The van der Waals surface area contributed by atoms with Crippen molar-refractivity contribution >= 4 is 21.8 Å². The summed E-state index contributed by atoms with van der Waals surface area (Å²) in [5.74, 6) is 0.807. The lowest BCUT2D eigenvalue weighted by atomic mass is 10.0. The minimum absolute atomic E-state index is 0.00192. The van der Waals surface area contributed by atoms with Gasteiger partial charge in [0.05, 0.1) is 7.11 Å². The first kappa shape index (κ1) is 17.0. The van der Waals surface area contributed by atoms with Gasteiger partial charge in [-0.2, -0.15) is 0 Å². The van der Waals surface area contributed by atoms with E-state index in [0.29, 0.717) is 6.54 Å². The number of carbonyl (C=O) groups excluding carboxylic acids is 1. The quantitative estimate of drug-likeness (QED) is 0.735. The molecular formula is C18H20BrN3O2. The van der Waals surface area contributed by atoms with Crippen LogP contribution < -0.4 is 20.9 Å². The van der Waals surface area contributed by atoms with Gasteiger partial charge < -0.3 is 10.1 Å². The van der Waals surface area contributed by atoms with Crippen LogP contribution in [0.1, 0.15) is 23.6 Å². The van der Waals surface area contributed by atoms with Crippen LogP contribution >= 0.6 is 15.9 Å². The first-order valence-electron chi connectivity index (χ1n) is 7.83. The Morgan fingerprint density at radius 2 is 1.88 bits per heavy atom. The normalized spacial score (nSPS) is 19.9. The molecule has 1 aliphatic heterocycles. The molecule has 0 saturated carbocycles. The molecule has 0 radical (unpaired) electrons. The zero-order valence-electron chi connectivity index (χ0n) is 13.4. The number of carbonyl (C=O) groups is 1. The number of rotatable bonds is 5. The molecule has 0 bridgehead atoms. The molecule has 6 heteroatoms. The van der Waals surface area contributed by atoms with Crippen LogP contribution in [0.5, 0.6) is 5.75 Å². The average molecular weight is 390 g/mol. The van der Waals surface area contributed by atoms with Gasteiger partial charge in [0, 0.05) is 17.1 Å². The summed E-state index contributed by atoms with van der Waals surface area (Å²) in [5.41, 5.74) is 8.48. The Morgan fingerprint density at radius 3 is 2.54 bits per heavy atom. The molecule has 0 aromatic heterocycles. The minimum atomic E-state index is -0.239. The Balaban J connectivity index is 1.51. The fourth-order valence-electron chi connectivity index (χ4n) is 2.70. The highest BCUT2D eigenvalue weighted by molar-refractivity contribution is 9.10. The number of ether oxygens (including phenoxy) is 1. The maximum Gasteiger partial charge on any atom is 0.238 e. The Kier molecular flexibility index (Phi) is 5.50. The summed E-state index contributed by atoms with van der Waals surface area (Å²) >= 11 is 3.43. The van der Waals surface area contributed by atoms with Crippen molar-refractivity contribution in [1.29, 1.82) is 0 Å². The molecule has 1 fully saturated rings. The van der Waals surface area contributed by atoms with Crippen molar-refractivity contribution in [2.24, 2.45) is 0 Å². The molecule has 3 N–H and O–H groups in total. The minimum Gasteiger partial charge on any atom is -0.497 e. The fraction of sp³-hybridized carbons (Fsp3) is 0.278. The highest BCUT2D eigenvalue weighted by atomic mass is 79.9. The summed E-state index contributed by atoms with van der Waals surface area (Å²) in [5, 5.41) is 2.97. The largest absolute Gasteiger partial charge is 0.497 e. The van der Waals surface area contributed by atoms with Gasteiger partial charge in [-0.3, -0.25) is 4.79 Å². The number of hydrazine groups is 1. The van der Waals surface area contributed by atoms with Crippen molar-refractivity contribution in [1.82, 2.24) is 16.2 Å². The summed E-state index contributed by atoms with van der Waals surface area (Å²) in [6, 6.07) is 15.7. The van der Waals surface area contributed by atoms with E-state index in [9.17, 15) is 4.79 Å². The van der Waals surface area contributed by atoms with Gasteiger partial charge in [-0.05, 0) is 41.8 Å². The molecule has 1 aliphatic rings. The molecule has 1 saturated heterocycles. The number of nitrogens with one attached hydrogen (secondary N) is 3. The van der Waals surface area contributed by atoms with Crippen LogP contribution in [-0.2, 0) is 11.3 Å². The molecule has 2 atom stereocenters. The predicted octanol–water partition coefficient (Wildman–Crippen LogP) is 2.68. The van der Waals surface area contributed by atoms with E-state index >= 15 is 0 Å². The third-order valence-electron chi connectivity index (χ3n) is 4.12. The van der Waals surface area contributed by atoms with Gasteiger partial charge >= 0.3 is 0 Å². The Labute approximate surface area is 149 Å². The van der Waals surface area contributed by atoms with Gasteiger partial charge in [-0.25, -0.2) is 10.9 Å². The Morgan fingerprint density at radius 1 is 1.17 bits per heavy atom. The molecule has 2 aromatic carbocycles. The van der Waals surface area contributed by atoms with Gasteiger partial charge in [-0.15, -0.1) is 0 Å². The number of amides is 1. The topological polar surface area (TPSA) is 62.4 Å². The number of methoxy groups -OCH3 is 1. The molecule has 0 aliphatic carbocycles. The molecular weight excluding hydrogens is 370 g/mol. The molecule has 24 heavy (non-hydrogen) atoms. The molecule has 2 unspecified atom stereocenters. The fourth-order valence-corrected chi connectivity index (χ4v) is 2.96. The van der Waals surface area contributed by atoms with E-state index in [1.165, 1.54) is 0 Å². The van der Waals surface area contributed by atoms with Gasteiger partial charge in [-0.1, -0.05) is 40.2 Å². The average Bonchev–Trinajstić information content (AvgIpc) is 3.11.